The summed E-state index contributed by atoms with van der Waals surface area (Å²) in [6.07, 6.45) is 1.90. The number of nitrogens with zero attached hydrogens (tertiary/aromatic N) is 3. The van der Waals surface area contributed by atoms with E-state index >= 15 is 0 Å². The summed E-state index contributed by atoms with van der Waals surface area (Å²) in [5, 5.41) is 7.39. The molecule has 0 bridgehead atoms. The third kappa shape index (κ3) is 2.90. The maximum Gasteiger partial charge on any atom is 0.249 e. The number of nitrogens with one attached hydrogen (secondary N) is 1. The molecule has 22 heavy (non-hydrogen) atoms. The van der Waals surface area contributed by atoms with Gasteiger partial charge in [-0.05, 0) is 17.7 Å². The number of benzene rings is 1. The van der Waals surface area contributed by atoms with Crippen LogP contribution in [0.5, 0.6) is 0 Å². The van der Waals surface area contributed by atoms with Crippen molar-refractivity contribution < 1.29 is 9.21 Å². The number of hydrogen-bond acceptors (Lipinski definition) is 5. The zero-order valence-corrected chi connectivity index (χ0v) is 12.2. The molecule has 112 valence electrons. The van der Waals surface area contributed by atoms with Crippen LogP contribution in [0.2, 0.25) is 0 Å². The molecule has 0 spiro atoms. The van der Waals surface area contributed by atoms with Gasteiger partial charge in [-0.15, -0.1) is 5.10 Å². The van der Waals surface area contributed by atoms with Crippen LogP contribution < -0.4 is 5.32 Å². The second kappa shape index (κ2) is 6.26. The Kier molecular flexibility index (Phi) is 4.00. The molecule has 0 atom stereocenters. The maximum absolute atomic E-state index is 12.0. The Hall–Kier alpha value is -2.89. The number of carbonyl (C=O) groups is 1. The highest BCUT2D eigenvalue weighted by Gasteiger charge is 2.17. The number of anilines is 1. The van der Waals surface area contributed by atoms with Crippen molar-refractivity contribution in [3.05, 3.63) is 54.3 Å². The number of hydrogen-bond donors (Lipinski definition) is 1. The first kappa shape index (κ1) is 14.1. The first-order chi connectivity index (χ1) is 10.8. The molecule has 1 aromatic carbocycles. The predicted octanol–water partition coefficient (Wildman–Crippen LogP) is 3.20. The van der Waals surface area contributed by atoms with Crippen LogP contribution in [0.25, 0.3) is 11.6 Å². The van der Waals surface area contributed by atoms with E-state index in [1.807, 2.05) is 30.3 Å². The lowest BCUT2D eigenvalue weighted by Gasteiger charge is -2.06. The lowest BCUT2D eigenvalue weighted by atomic mass is 10.2. The van der Waals surface area contributed by atoms with Gasteiger partial charge in [0.2, 0.25) is 17.7 Å². The summed E-state index contributed by atoms with van der Waals surface area (Å²) < 4.78 is 6.58. The van der Waals surface area contributed by atoms with Crippen LogP contribution in [0.15, 0.2) is 53.1 Å². The standard InChI is InChI=1S/C16H16N4O2/c1-2-14(21)20-16(17-11-12-7-4-3-5-8-12)18-15(19-20)13-9-6-10-22-13/h3-10H,2,11H2,1H3,(H,17,18,19). The monoisotopic (exact) mass is 296 g/mol. The van der Waals surface area contributed by atoms with Gasteiger partial charge in [0, 0.05) is 13.0 Å². The van der Waals surface area contributed by atoms with Crippen molar-refractivity contribution >= 4 is 11.9 Å². The molecule has 3 aromatic rings. The highest BCUT2D eigenvalue weighted by atomic mass is 16.3. The Morgan fingerprint density at radius 3 is 2.73 bits per heavy atom. The second-order valence-corrected chi connectivity index (χ2v) is 4.73. The number of carbonyl (C=O) groups excluding carboxylic acids is 1. The van der Waals surface area contributed by atoms with Crippen LogP contribution in [-0.2, 0) is 6.54 Å². The van der Waals surface area contributed by atoms with E-state index in [0.717, 1.165) is 5.56 Å². The molecule has 0 unspecified atom stereocenters. The summed E-state index contributed by atoms with van der Waals surface area (Å²) in [7, 11) is 0. The van der Waals surface area contributed by atoms with Gasteiger partial charge in [0.05, 0.1) is 6.26 Å². The van der Waals surface area contributed by atoms with Crippen LogP contribution in [0.1, 0.15) is 23.7 Å². The van der Waals surface area contributed by atoms with Gasteiger partial charge >= 0.3 is 0 Å². The van der Waals surface area contributed by atoms with Gasteiger partial charge in [-0.1, -0.05) is 37.3 Å². The lowest BCUT2D eigenvalue weighted by Crippen LogP contribution is -2.15. The van der Waals surface area contributed by atoms with Gasteiger partial charge < -0.3 is 9.73 Å². The van der Waals surface area contributed by atoms with Crippen LogP contribution in [0, 0.1) is 0 Å². The van der Waals surface area contributed by atoms with E-state index in [4.69, 9.17) is 4.42 Å². The minimum absolute atomic E-state index is 0.124. The Bertz CT molecular complexity index is 748. The summed E-state index contributed by atoms with van der Waals surface area (Å²) >= 11 is 0. The summed E-state index contributed by atoms with van der Waals surface area (Å²) in [6.45, 7) is 2.35. The molecule has 3 rings (SSSR count). The Morgan fingerprint density at radius 2 is 2.05 bits per heavy atom. The summed E-state index contributed by atoms with van der Waals surface area (Å²) in [4.78, 5) is 16.4. The number of rotatable bonds is 5. The molecule has 6 nitrogen and oxygen atoms in total. The first-order valence-corrected chi connectivity index (χ1v) is 7.10. The van der Waals surface area contributed by atoms with Gasteiger partial charge in [-0.3, -0.25) is 4.79 Å². The Labute approximate surface area is 127 Å². The maximum atomic E-state index is 12.0. The molecule has 0 amide bonds. The third-order valence-corrected chi connectivity index (χ3v) is 3.18. The number of aromatic nitrogens is 3. The van der Waals surface area contributed by atoms with Gasteiger partial charge in [0.15, 0.2) is 5.76 Å². The fraction of sp³-hybridized carbons (Fsp3) is 0.188. The number of furan rings is 1. The van der Waals surface area contributed by atoms with Crippen LogP contribution in [0.4, 0.5) is 5.95 Å². The average Bonchev–Trinajstić information content (AvgIpc) is 3.22. The summed E-state index contributed by atoms with van der Waals surface area (Å²) in [5.41, 5.74) is 1.10. The van der Waals surface area contributed by atoms with Gasteiger partial charge in [-0.2, -0.15) is 9.67 Å². The SMILES string of the molecule is CCC(=O)n1nc(-c2ccco2)nc1NCc1ccccc1. The zero-order valence-electron chi connectivity index (χ0n) is 12.2. The largest absolute Gasteiger partial charge is 0.461 e. The fourth-order valence-corrected chi connectivity index (χ4v) is 2.04. The minimum Gasteiger partial charge on any atom is -0.461 e. The summed E-state index contributed by atoms with van der Waals surface area (Å²) in [5.74, 6) is 1.22. The van der Waals surface area contributed by atoms with E-state index in [1.165, 1.54) is 4.68 Å². The van der Waals surface area contributed by atoms with E-state index in [2.05, 4.69) is 15.4 Å². The molecule has 0 aliphatic rings. The quantitative estimate of drug-likeness (QED) is 0.782. The molecule has 0 saturated heterocycles. The summed E-state index contributed by atoms with van der Waals surface area (Å²) in [6, 6.07) is 13.4. The van der Waals surface area contributed by atoms with Crippen molar-refractivity contribution in [3.63, 3.8) is 0 Å². The minimum atomic E-state index is -0.124. The molecule has 0 aliphatic carbocycles. The van der Waals surface area contributed by atoms with Gasteiger partial charge in [0.1, 0.15) is 0 Å². The van der Waals surface area contributed by atoms with E-state index in [1.54, 1.807) is 25.3 Å². The van der Waals surface area contributed by atoms with Crippen molar-refractivity contribution in [3.8, 4) is 11.6 Å². The van der Waals surface area contributed by atoms with Crippen LogP contribution in [-0.4, -0.2) is 20.7 Å². The second-order valence-electron chi connectivity index (χ2n) is 4.73. The molecule has 0 aliphatic heterocycles. The molecule has 1 N–H and O–H groups in total. The topological polar surface area (TPSA) is 73.0 Å². The lowest BCUT2D eigenvalue weighted by molar-refractivity contribution is 0.0895. The fourth-order valence-electron chi connectivity index (χ4n) is 2.04. The molecule has 0 fully saturated rings. The van der Waals surface area contributed by atoms with E-state index in [0.29, 0.717) is 30.5 Å². The molecule has 6 heteroatoms. The van der Waals surface area contributed by atoms with E-state index in [9.17, 15) is 4.79 Å². The van der Waals surface area contributed by atoms with Gasteiger partial charge in [-0.25, -0.2) is 0 Å². The van der Waals surface area contributed by atoms with E-state index < -0.39 is 0 Å². The third-order valence-electron chi connectivity index (χ3n) is 3.18. The van der Waals surface area contributed by atoms with Crippen molar-refractivity contribution in [2.75, 3.05) is 5.32 Å². The Balaban J connectivity index is 1.86. The molecular formula is C16H16N4O2. The van der Waals surface area contributed by atoms with Gasteiger partial charge in [0.25, 0.3) is 0 Å². The van der Waals surface area contributed by atoms with Crippen molar-refractivity contribution in [1.82, 2.24) is 14.8 Å². The van der Waals surface area contributed by atoms with Crippen LogP contribution >= 0.6 is 0 Å². The predicted molar refractivity (Wildman–Crippen MR) is 82.4 cm³/mol. The van der Waals surface area contributed by atoms with Crippen molar-refractivity contribution in [2.24, 2.45) is 0 Å². The average molecular weight is 296 g/mol. The molecule has 2 heterocycles. The van der Waals surface area contributed by atoms with E-state index in [-0.39, 0.29) is 5.91 Å². The molecule has 0 radical (unpaired) electrons. The van der Waals surface area contributed by atoms with Crippen LogP contribution in [0.3, 0.4) is 0 Å². The first-order valence-electron chi connectivity index (χ1n) is 7.10. The normalized spacial score (nSPS) is 10.6. The molecular weight excluding hydrogens is 280 g/mol. The zero-order chi connectivity index (χ0) is 15.4. The highest BCUT2D eigenvalue weighted by molar-refractivity contribution is 5.80. The molecule has 2 aromatic heterocycles. The highest BCUT2D eigenvalue weighted by Crippen LogP contribution is 2.19. The Morgan fingerprint density at radius 1 is 1.23 bits per heavy atom. The smallest absolute Gasteiger partial charge is 0.249 e. The van der Waals surface area contributed by atoms with Crippen molar-refractivity contribution in [2.45, 2.75) is 19.9 Å². The van der Waals surface area contributed by atoms with Crippen molar-refractivity contribution in [1.29, 1.82) is 0 Å². The molecule has 0 saturated carbocycles.